The SMILES string of the molecule is CC(CN=NCC(C)C(N)=Nc1ccc(N)cc1)C(N)=Nc1ccc(N)cc1.Cl.Cl.Cl.Cl. The summed E-state index contributed by atoms with van der Waals surface area (Å²) in [5.74, 6) is 0.942. The Balaban J connectivity index is -0.00000210. The van der Waals surface area contributed by atoms with E-state index < -0.39 is 0 Å². The lowest BCUT2D eigenvalue weighted by Crippen LogP contribution is -2.24. The lowest BCUT2D eigenvalue weighted by atomic mass is 10.1. The molecule has 0 aromatic heterocycles. The van der Waals surface area contributed by atoms with Crippen LogP contribution in [0.25, 0.3) is 0 Å². The molecule has 0 heterocycles. The number of nitrogens with zero attached hydrogens (tertiary/aromatic N) is 4. The summed E-state index contributed by atoms with van der Waals surface area (Å²) in [6.07, 6.45) is 0. The smallest absolute Gasteiger partial charge is 0.104 e. The van der Waals surface area contributed by atoms with Crippen LogP contribution in [0.4, 0.5) is 22.7 Å². The van der Waals surface area contributed by atoms with E-state index in [0.717, 1.165) is 11.4 Å². The molecule has 32 heavy (non-hydrogen) atoms. The predicted octanol–water partition coefficient (Wildman–Crippen LogP) is 4.94. The number of aliphatic imine (C=N–C) groups is 2. The van der Waals surface area contributed by atoms with Crippen molar-refractivity contribution < 1.29 is 0 Å². The van der Waals surface area contributed by atoms with Crippen molar-refractivity contribution in [2.24, 2.45) is 43.5 Å². The van der Waals surface area contributed by atoms with Crippen molar-refractivity contribution in [3.8, 4) is 0 Å². The third kappa shape index (κ3) is 12.0. The highest BCUT2D eigenvalue weighted by molar-refractivity contribution is 5.86. The van der Waals surface area contributed by atoms with Gasteiger partial charge in [-0.05, 0) is 48.5 Å². The van der Waals surface area contributed by atoms with E-state index in [9.17, 15) is 0 Å². The van der Waals surface area contributed by atoms with Crippen LogP contribution in [-0.4, -0.2) is 24.8 Å². The van der Waals surface area contributed by atoms with E-state index in [2.05, 4.69) is 20.2 Å². The molecule has 0 saturated carbocycles. The van der Waals surface area contributed by atoms with E-state index in [4.69, 9.17) is 22.9 Å². The molecule has 2 aromatic carbocycles. The number of amidine groups is 2. The average Bonchev–Trinajstić information content (AvgIpc) is 2.68. The van der Waals surface area contributed by atoms with Crippen LogP contribution in [0.15, 0.2) is 68.7 Å². The summed E-state index contributed by atoms with van der Waals surface area (Å²) in [6, 6.07) is 14.4. The zero-order valence-electron chi connectivity index (χ0n) is 17.9. The average molecular weight is 526 g/mol. The fourth-order valence-corrected chi connectivity index (χ4v) is 2.16. The maximum atomic E-state index is 6.04. The Hall–Kier alpha value is -2.26. The Kier molecular flexibility index (Phi) is 18.6. The highest BCUT2D eigenvalue weighted by Gasteiger charge is 2.08. The van der Waals surface area contributed by atoms with Gasteiger partial charge in [0.1, 0.15) is 11.7 Å². The number of nitrogen functional groups attached to an aromatic ring is 2. The van der Waals surface area contributed by atoms with Crippen molar-refractivity contribution in [2.75, 3.05) is 24.6 Å². The zero-order valence-corrected chi connectivity index (χ0v) is 21.2. The van der Waals surface area contributed by atoms with Crippen molar-refractivity contribution in [2.45, 2.75) is 13.8 Å². The van der Waals surface area contributed by atoms with E-state index in [-0.39, 0.29) is 61.5 Å². The third-order valence-corrected chi connectivity index (χ3v) is 4.12. The van der Waals surface area contributed by atoms with Gasteiger partial charge < -0.3 is 22.9 Å². The van der Waals surface area contributed by atoms with Crippen LogP contribution in [0, 0.1) is 11.8 Å². The first-order chi connectivity index (χ1) is 13.3. The second kappa shape index (κ2) is 17.3. The Morgan fingerprint density at radius 1 is 0.625 bits per heavy atom. The highest BCUT2D eigenvalue weighted by Crippen LogP contribution is 2.16. The molecule has 2 aromatic rings. The maximum absolute atomic E-state index is 6.04. The molecule has 0 aliphatic heterocycles. The van der Waals surface area contributed by atoms with Crippen molar-refractivity contribution in [3.63, 3.8) is 0 Å². The number of hydrogen-bond donors (Lipinski definition) is 4. The van der Waals surface area contributed by atoms with Crippen LogP contribution in [0.1, 0.15) is 13.8 Å². The van der Waals surface area contributed by atoms with Gasteiger partial charge in [-0.2, -0.15) is 10.2 Å². The van der Waals surface area contributed by atoms with E-state index in [0.29, 0.717) is 36.1 Å². The van der Waals surface area contributed by atoms with Crippen molar-refractivity contribution in [3.05, 3.63) is 48.5 Å². The fraction of sp³-hybridized carbons (Fsp3) is 0.300. The number of anilines is 2. The Morgan fingerprint density at radius 3 is 1.19 bits per heavy atom. The zero-order chi connectivity index (χ0) is 20.5. The van der Waals surface area contributed by atoms with Gasteiger partial charge in [-0.15, -0.1) is 49.6 Å². The molecule has 0 amide bonds. The molecule has 0 saturated heterocycles. The molecular formula is C20H32Cl4N8. The van der Waals surface area contributed by atoms with Crippen LogP contribution in [0.2, 0.25) is 0 Å². The summed E-state index contributed by atoms with van der Waals surface area (Å²) < 4.78 is 0. The van der Waals surface area contributed by atoms with Gasteiger partial charge in [0.05, 0.1) is 24.5 Å². The molecule has 180 valence electrons. The molecule has 2 rings (SSSR count). The molecule has 0 bridgehead atoms. The quantitative estimate of drug-likeness (QED) is 0.167. The van der Waals surface area contributed by atoms with E-state index in [1.165, 1.54) is 0 Å². The van der Waals surface area contributed by atoms with Crippen LogP contribution >= 0.6 is 49.6 Å². The summed E-state index contributed by atoms with van der Waals surface area (Å²) in [7, 11) is 0. The van der Waals surface area contributed by atoms with Gasteiger partial charge in [0.2, 0.25) is 0 Å². The van der Waals surface area contributed by atoms with Crippen LogP contribution < -0.4 is 22.9 Å². The lowest BCUT2D eigenvalue weighted by Gasteiger charge is -2.09. The Bertz CT molecular complexity index is 783. The van der Waals surface area contributed by atoms with Crippen LogP contribution in [0.3, 0.4) is 0 Å². The lowest BCUT2D eigenvalue weighted by molar-refractivity contribution is 0.683. The van der Waals surface area contributed by atoms with Crippen LogP contribution in [0.5, 0.6) is 0 Å². The van der Waals surface area contributed by atoms with Crippen LogP contribution in [-0.2, 0) is 0 Å². The number of azo groups is 1. The molecule has 12 heteroatoms. The molecule has 0 aliphatic rings. The second-order valence-corrected chi connectivity index (χ2v) is 6.71. The molecule has 2 atom stereocenters. The first-order valence-corrected chi connectivity index (χ1v) is 9.07. The summed E-state index contributed by atoms with van der Waals surface area (Å²) in [5, 5.41) is 8.41. The largest absolute Gasteiger partial charge is 0.399 e. The summed E-state index contributed by atoms with van der Waals surface area (Å²) in [4.78, 5) is 8.77. The minimum absolute atomic E-state index is 0. The molecule has 0 fully saturated rings. The third-order valence-electron chi connectivity index (χ3n) is 4.12. The fourth-order valence-electron chi connectivity index (χ4n) is 2.16. The number of nitrogens with two attached hydrogens (primary N) is 4. The number of hydrogen-bond acceptors (Lipinski definition) is 6. The molecule has 2 unspecified atom stereocenters. The van der Waals surface area contributed by atoms with Gasteiger partial charge in [-0.3, -0.25) is 0 Å². The van der Waals surface area contributed by atoms with Gasteiger partial charge in [-0.1, -0.05) is 13.8 Å². The maximum Gasteiger partial charge on any atom is 0.104 e. The predicted molar refractivity (Wildman–Crippen MR) is 146 cm³/mol. The summed E-state index contributed by atoms with van der Waals surface area (Å²) in [6.45, 7) is 4.81. The standard InChI is InChI=1S/C20H28N8.4ClH/c1-13(19(23)27-17-7-3-15(21)4-8-17)11-25-26-12-14(2)20(24)28-18-9-5-16(22)6-10-18;;;;/h3-10,13-14H,11-12,21-22H2,1-2H3,(H2,23,27)(H2,24,28);4*1H. The molecule has 0 aliphatic carbocycles. The van der Waals surface area contributed by atoms with Gasteiger partial charge in [0, 0.05) is 23.2 Å². The molecule has 0 radical (unpaired) electrons. The van der Waals surface area contributed by atoms with Crippen molar-refractivity contribution >= 4 is 84.0 Å². The summed E-state index contributed by atoms with van der Waals surface area (Å²) in [5.41, 5.74) is 26.3. The number of benzene rings is 2. The molecular weight excluding hydrogens is 494 g/mol. The minimum Gasteiger partial charge on any atom is -0.399 e. The summed E-state index contributed by atoms with van der Waals surface area (Å²) >= 11 is 0. The van der Waals surface area contributed by atoms with Crippen molar-refractivity contribution in [1.82, 2.24) is 0 Å². The molecule has 8 nitrogen and oxygen atoms in total. The Labute approximate surface area is 214 Å². The van der Waals surface area contributed by atoms with Crippen molar-refractivity contribution in [1.29, 1.82) is 0 Å². The minimum atomic E-state index is -0.0302. The molecule has 8 N–H and O–H groups in total. The van der Waals surface area contributed by atoms with Gasteiger partial charge >= 0.3 is 0 Å². The first kappa shape index (κ1) is 34.4. The topological polar surface area (TPSA) is 154 Å². The van der Waals surface area contributed by atoms with E-state index >= 15 is 0 Å². The Morgan fingerprint density at radius 2 is 0.906 bits per heavy atom. The second-order valence-electron chi connectivity index (χ2n) is 6.71. The number of rotatable bonds is 8. The van der Waals surface area contributed by atoms with Gasteiger partial charge in [0.25, 0.3) is 0 Å². The monoisotopic (exact) mass is 524 g/mol. The van der Waals surface area contributed by atoms with Gasteiger partial charge in [-0.25, -0.2) is 9.98 Å². The van der Waals surface area contributed by atoms with E-state index in [1.807, 2.05) is 38.1 Å². The van der Waals surface area contributed by atoms with E-state index in [1.54, 1.807) is 24.3 Å². The normalized spacial score (nSPS) is 13.1. The molecule has 0 spiro atoms. The highest BCUT2D eigenvalue weighted by atomic mass is 35.5. The first-order valence-electron chi connectivity index (χ1n) is 9.07. The number of halogens is 4. The van der Waals surface area contributed by atoms with Gasteiger partial charge in [0.15, 0.2) is 0 Å².